The second-order valence-electron chi connectivity index (χ2n) is 6.56. The van der Waals surface area contributed by atoms with Crippen LogP contribution in [0.1, 0.15) is 36.5 Å². The van der Waals surface area contributed by atoms with Crippen molar-refractivity contribution in [3.63, 3.8) is 0 Å². The maximum absolute atomic E-state index is 12.5. The number of hydrogen-bond acceptors (Lipinski definition) is 3. The van der Waals surface area contributed by atoms with E-state index in [1.165, 1.54) is 11.1 Å². The minimum Gasteiger partial charge on any atom is -0.325 e. The first-order chi connectivity index (χ1) is 12.5. The molecule has 0 saturated heterocycles. The molecule has 0 aliphatic heterocycles. The summed E-state index contributed by atoms with van der Waals surface area (Å²) in [4.78, 5) is 12.3. The van der Waals surface area contributed by atoms with Crippen LogP contribution in [0.25, 0.3) is 0 Å². The van der Waals surface area contributed by atoms with Gasteiger partial charge in [-0.15, -0.1) is 0 Å². The van der Waals surface area contributed by atoms with Crippen molar-refractivity contribution in [1.82, 2.24) is 4.72 Å². The van der Waals surface area contributed by atoms with E-state index in [0.717, 1.165) is 37.7 Å². The highest BCUT2D eigenvalue weighted by Crippen LogP contribution is 2.24. The number of carbonyl (C=O) groups excluding carboxylic acids is 1. The Labute approximate surface area is 154 Å². The Hall–Kier alpha value is -2.18. The van der Waals surface area contributed by atoms with Crippen LogP contribution in [-0.4, -0.2) is 20.9 Å². The maximum atomic E-state index is 12.5. The highest BCUT2D eigenvalue weighted by atomic mass is 32.2. The van der Waals surface area contributed by atoms with E-state index in [1.54, 1.807) is 12.1 Å². The molecule has 26 heavy (non-hydrogen) atoms. The quantitative estimate of drug-likeness (QED) is 0.818. The van der Waals surface area contributed by atoms with Crippen molar-refractivity contribution in [2.75, 3.05) is 11.9 Å². The summed E-state index contributed by atoms with van der Waals surface area (Å²) in [6, 6.07) is 12.7. The number of fused-ring (bicyclic) bond motifs is 1. The average molecular weight is 372 g/mol. The van der Waals surface area contributed by atoms with Gasteiger partial charge >= 0.3 is 0 Å². The first-order valence-corrected chi connectivity index (χ1v) is 10.5. The fourth-order valence-corrected chi connectivity index (χ4v) is 4.18. The molecule has 0 unspecified atom stereocenters. The third-order valence-corrected chi connectivity index (χ3v) is 6.10. The zero-order valence-corrected chi connectivity index (χ0v) is 15.7. The lowest BCUT2D eigenvalue weighted by atomic mass is 9.92. The molecule has 0 bridgehead atoms. The molecule has 3 rings (SSSR count). The van der Waals surface area contributed by atoms with Crippen LogP contribution in [0.2, 0.25) is 0 Å². The molecule has 1 aliphatic carbocycles. The number of hydrogen-bond donors (Lipinski definition) is 2. The van der Waals surface area contributed by atoms with Crippen molar-refractivity contribution in [2.45, 2.75) is 43.9 Å². The summed E-state index contributed by atoms with van der Waals surface area (Å²) in [5.74, 6) is -0.393. The van der Waals surface area contributed by atoms with Crippen LogP contribution >= 0.6 is 0 Å². The number of aryl methyl sites for hydroxylation is 3. The van der Waals surface area contributed by atoms with E-state index in [4.69, 9.17) is 0 Å². The molecule has 0 heterocycles. The van der Waals surface area contributed by atoms with Crippen molar-refractivity contribution in [2.24, 2.45) is 0 Å². The Morgan fingerprint density at radius 1 is 1.00 bits per heavy atom. The molecule has 0 atom stereocenters. The van der Waals surface area contributed by atoms with Gasteiger partial charge in [0, 0.05) is 5.69 Å². The van der Waals surface area contributed by atoms with Gasteiger partial charge in [-0.3, -0.25) is 4.79 Å². The minimum atomic E-state index is -3.70. The molecule has 0 saturated carbocycles. The molecule has 2 N–H and O–H groups in total. The lowest BCUT2D eigenvalue weighted by Crippen LogP contribution is -2.33. The van der Waals surface area contributed by atoms with Crippen molar-refractivity contribution < 1.29 is 13.2 Å². The van der Waals surface area contributed by atoms with E-state index in [-0.39, 0.29) is 11.4 Å². The fraction of sp³-hybridized carbons (Fsp3) is 0.350. The first kappa shape index (κ1) is 18.6. The Kier molecular flexibility index (Phi) is 5.74. The number of anilines is 1. The topological polar surface area (TPSA) is 75.3 Å². The number of carbonyl (C=O) groups is 1. The Balaban J connectivity index is 1.61. The van der Waals surface area contributed by atoms with E-state index >= 15 is 0 Å². The number of rotatable bonds is 6. The standard InChI is InChI=1S/C20H24N2O3S/c1-2-15-7-10-18(11-8-15)22-20(23)14-21-26(24,25)19-12-9-16-5-3-4-6-17(16)13-19/h7-13,21H,2-6,14H2,1H3,(H,22,23). The second kappa shape index (κ2) is 8.01. The second-order valence-corrected chi connectivity index (χ2v) is 8.33. The lowest BCUT2D eigenvalue weighted by molar-refractivity contribution is -0.115. The predicted molar refractivity (Wildman–Crippen MR) is 103 cm³/mol. The molecule has 0 radical (unpaired) electrons. The third kappa shape index (κ3) is 4.51. The van der Waals surface area contributed by atoms with Crippen LogP contribution in [0.15, 0.2) is 47.4 Å². The van der Waals surface area contributed by atoms with E-state index in [9.17, 15) is 13.2 Å². The largest absolute Gasteiger partial charge is 0.325 e. The molecule has 1 aliphatic rings. The summed E-state index contributed by atoms with van der Waals surface area (Å²) in [5.41, 5.74) is 4.15. The van der Waals surface area contributed by atoms with Gasteiger partial charge in [0.25, 0.3) is 0 Å². The molecule has 0 spiro atoms. The van der Waals surface area contributed by atoms with E-state index in [2.05, 4.69) is 17.0 Å². The zero-order chi connectivity index (χ0) is 18.6. The molecule has 0 aromatic heterocycles. The maximum Gasteiger partial charge on any atom is 0.241 e. The number of sulfonamides is 1. The summed E-state index contributed by atoms with van der Waals surface area (Å²) in [6.07, 6.45) is 5.07. The normalized spacial score (nSPS) is 13.9. The summed E-state index contributed by atoms with van der Waals surface area (Å²) in [5, 5.41) is 2.70. The molecular formula is C20H24N2O3S. The van der Waals surface area contributed by atoms with Gasteiger partial charge < -0.3 is 5.32 Å². The van der Waals surface area contributed by atoms with Gasteiger partial charge in [-0.1, -0.05) is 25.1 Å². The number of benzene rings is 2. The van der Waals surface area contributed by atoms with Crippen molar-refractivity contribution in [3.05, 3.63) is 59.2 Å². The van der Waals surface area contributed by atoms with Gasteiger partial charge in [-0.05, 0) is 73.1 Å². The van der Waals surface area contributed by atoms with Crippen LogP contribution in [0.5, 0.6) is 0 Å². The number of nitrogens with one attached hydrogen (secondary N) is 2. The Morgan fingerprint density at radius 3 is 2.38 bits per heavy atom. The summed E-state index contributed by atoms with van der Waals surface area (Å²) >= 11 is 0. The van der Waals surface area contributed by atoms with Crippen LogP contribution in [-0.2, 0) is 34.1 Å². The van der Waals surface area contributed by atoms with Crippen LogP contribution in [0.3, 0.4) is 0 Å². The highest BCUT2D eigenvalue weighted by molar-refractivity contribution is 7.89. The van der Waals surface area contributed by atoms with Crippen LogP contribution < -0.4 is 10.0 Å². The molecule has 2 aromatic rings. The predicted octanol–water partition coefficient (Wildman–Crippen LogP) is 3.04. The average Bonchev–Trinajstić information content (AvgIpc) is 2.67. The third-order valence-electron chi connectivity index (χ3n) is 4.70. The highest BCUT2D eigenvalue weighted by Gasteiger charge is 2.18. The van der Waals surface area contributed by atoms with Crippen LogP contribution in [0.4, 0.5) is 5.69 Å². The molecular weight excluding hydrogens is 348 g/mol. The summed E-state index contributed by atoms with van der Waals surface area (Å²) in [7, 11) is -3.70. The molecule has 1 amide bonds. The molecule has 5 nitrogen and oxygen atoms in total. The minimum absolute atomic E-state index is 0.221. The fourth-order valence-electron chi connectivity index (χ4n) is 3.15. The van der Waals surface area contributed by atoms with E-state index in [1.807, 2.05) is 30.3 Å². The van der Waals surface area contributed by atoms with Gasteiger partial charge in [0.05, 0.1) is 11.4 Å². The molecule has 0 fully saturated rings. The number of amides is 1. The SMILES string of the molecule is CCc1ccc(NC(=O)CNS(=O)(=O)c2ccc3c(c2)CCCC3)cc1. The molecule has 138 valence electrons. The van der Waals surface area contributed by atoms with Crippen LogP contribution in [0, 0.1) is 0 Å². The van der Waals surface area contributed by atoms with E-state index in [0.29, 0.717) is 5.69 Å². The van der Waals surface area contributed by atoms with Crippen molar-refractivity contribution in [3.8, 4) is 0 Å². The smallest absolute Gasteiger partial charge is 0.241 e. The van der Waals surface area contributed by atoms with Gasteiger partial charge in [-0.25, -0.2) is 13.1 Å². The molecule has 2 aromatic carbocycles. The summed E-state index contributed by atoms with van der Waals surface area (Å²) < 4.78 is 27.3. The lowest BCUT2D eigenvalue weighted by Gasteiger charge is -2.16. The van der Waals surface area contributed by atoms with Crippen molar-refractivity contribution >= 4 is 21.6 Å². The van der Waals surface area contributed by atoms with Crippen molar-refractivity contribution in [1.29, 1.82) is 0 Å². The Morgan fingerprint density at radius 2 is 1.69 bits per heavy atom. The summed E-state index contributed by atoms with van der Waals surface area (Å²) in [6.45, 7) is 1.76. The van der Waals surface area contributed by atoms with E-state index < -0.39 is 15.9 Å². The van der Waals surface area contributed by atoms with Gasteiger partial charge in [0.15, 0.2) is 0 Å². The first-order valence-electron chi connectivity index (χ1n) is 8.98. The zero-order valence-electron chi connectivity index (χ0n) is 14.9. The van der Waals surface area contributed by atoms with Gasteiger partial charge in [0.1, 0.15) is 0 Å². The van der Waals surface area contributed by atoms with Gasteiger partial charge in [-0.2, -0.15) is 0 Å². The Bertz CT molecular complexity index is 890. The monoisotopic (exact) mass is 372 g/mol. The molecule has 6 heteroatoms. The van der Waals surface area contributed by atoms with Gasteiger partial charge in [0.2, 0.25) is 15.9 Å².